The summed E-state index contributed by atoms with van der Waals surface area (Å²) in [6.45, 7) is 3.71. The topological polar surface area (TPSA) is 83.1 Å². The molecule has 0 fully saturated rings. The molecule has 1 heterocycles. The van der Waals surface area contributed by atoms with Crippen molar-refractivity contribution in [3.63, 3.8) is 0 Å². The fourth-order valence-electron chi connectivity index (χ4n) is 2.36. The molecule has 8 heteroatoms. The van der Waals surface area contributed by atoms with E-state index in [-0.39, 0.29) is 11.9 Å². The zero-order chi connectivity index (χ0) is 18.7. The summed E-state index contributed by atoms with van der Waals surface area (Å²) in [7, 11) is 0. The Kier molecular flexibility index (Phi) is 5.53. The lowest BCUT2D eigenvalue weighted by Gasteiger charge is -2.08. The summed E-state index contributed by atoms with van der Waals surface area (Å²) in [6.07, 6.45) is 0.401. The molecule has 0 radical (unpaired) electrons. The molecule has 0 spiro atoms. The van der Waals surface area contributed by atoms with Crippen LogP contribution < -0.4 is 16.0 Å². The summed E-state index contributed by atoms with van der Waals surface area (Å²) in [5.41, 5.74) is 3.11. The normalized spacial score (nSPS) is 10.6. The van der Waals surface area contributed by atoms with Crippen molar-refractivity contribution in [3.05, 3.63) is 46.4 Å². The third-order valence-corrected chi connectivity index (χ3v) is 5.06. The number of urea groups is 1. The number of nitrogens with one attached hydrogen (secondary N) is 3. The van der Waals surface area contributed by atoms with Crippen LogP contribution in [0.1, 0.15) is 18.9 Å². The SMILES string of the molecule is CCC(=O)Nc1nc2c(C)cc(NC(=O)Nc3ccc(Br)cc3)cc2s1. The van der Waals surface area contributed by atoms with E-state index in [1.165, 1.54) is 11.3 Å². The molecule has 0 saturated carbocycles. The molecule has 3 rings (SSSR count). The first-order valence-electron chi connectivity index (χ1n) is 7.99. The number of anilines is 3. The fourth-order valence-corrected chi connectivity index (χ4v) is 3.62. The van der Waals surface area contributed by atoms with Crippen molar-refractivity contribution >= 4 is 65.9 Å². The van der Waals surface area contributed by atoms with Gasteiger partial charge in [0.05, 0.1) is 10.2 Å². The van der Waals surface area contributed by atoms with Crippen LogP contribution in [0.25, 0.3) is 10.2 Å². The van der Waals surface area contributed by atoms with Gasteiger partial charge in [0.15, 0.2) is 5.13 Å². The number of hydrogen-bond donors (Lipinski definition) is 3. The van der Waals surface area contributed by atoms with Crippen LogP contribution in [0.15, 0.2) is 40.9 Å². The number of halogens is 1. The lowest BCUT2D eigenvalue weighted by Crippen LogP contribution is -2.19. The van der Waals surface area contributed by atoms with E-state index in [1.807, 2.05) is 43.3 Å². The molecule has 26 heavy (non-hydrogen) atoms. The van der Waals surface area contributed by atoms with E-state index < -0.39 is 0 Å². The Labute approximate surface area is 163 Å². The summed E-state index contributed by atoms with van der Waals surface area (Å²) in [4.78, 5) is 28.2. The third kappa shape index (κ3) is 4.39. The molecule has 0 unspecified atom stereocenters. The number of nitrogens with zero attached hydrogens (tertiary/aromatic N) is 1. The summed E-state index contributed by atoms with van der Waals surface area (Å²) >= 11 is 4.74. The van der Waals surface area contributed by atoms with Crippen LogP contribution in [0.3, 0.4) is 0 Å². The average molecular weight is 433 g/mol. The quantitative estimate of drug-likeness (QED) is 0.518. The molecule has 0 bridgehead atoms. The number of rotatable bonds is 4. The first kappa shape index (κ1) is 18.3. The summed E-state index contributed by atoms with van der Waals surface area (Å²) < 4.78 is 1.84. The average Bonchev–Trinajstić information content (AvgIpc) is 2.99. The third-order valence-electron chi connectivity index (χ3n) is 3.61. The van der Waals surface area contributed by atoms with E-state index >= 15 is 0 Å². The number of carbonyl (C=O) groups excluding carboxylic acids is 2. The maximum atomic E-state index is 12.2. The first-order chi connectivity index (χ1) is 12.4. The number of aromatic nitrogens is 1. The standard InChI is InChI=1S/C18H17BrN4O2S/c1-3-15(24)22-18-23-16-10(2)8-13(9-14(16)26-18)21-17(25)20-12-6-4-11(19)5-7-12/h4-9H,3H2,1-2H3,(H2,20,21,25)(H,22,23,24). The minimum absolute atomic E-state index is 0.0751. The molecule has 6 nitrogen and oxygen atoms in total. The minimum Gasteiger partial charge on any atom is -0.308 e. The second-order valence-corrected chi connectivity index (χ2v) is 7.59. The number of carbonyl (C=O) groups is 2. The van der Waals surface area contributed by atoms with E-state index in [9.17, 15) is 9.59 Å². The Morgan fingerprint density at radius 2 is 1.77 bits per heavy atom. The van der Waals surface area contributed by atoms with E-state index in [2.05, 4.69) is 36.9 Å². The van der Waals surface area contributed by atoms with Gasteiger partial charge < -0.3 is 16.0 Å². The van der Waals surface area contributed by atoms with E-state index in [1.54, 1.807) is 6.92 Å². The Bertz CT molecular complexity index is 969. The second kappa shape index (κ2) is 7.84. The molecule has 0 aliphatic heterocycles. The van der Waals surface area contributed by atoms with Crippen molar-refractivity contribution in [1.82, 2.24) is 4.98 Å². The van der Waals surface area contributed by atoms with Crippen molar-refractivity contribution in [2.75, 3.05) is 16.0 Å². The molecular formula is C18H17BrN4O2S. The molecular weight excluding hydrogens is 416 g/mol. The highest BCUT2D eigenvalue weighted by Crippen LogP contribution is 2.31. The predicted octanol–water partition coefficient (Wildman–Crippen LogP) is 5.36. The van der Waals surface area contributed by atoms with Gasteiger partial charge in [0.1, 0.15) is 0 Å². The van der Waals surface area contributed by atoms with Crippen LogP contribution in [0.2, 0.25) is 0 Å². The Morgan fingerprint density at radius 1 is 1.08 bits per heavy atom. The van der Waals surface area contributed by atoms with Gasteiger partial charge >= 0.3 is 6.03 Å². The highest BCUT2D eigenvalue weighted by atomic mass is 79.9. The van der Waals surface area contributed by atoms with Crippen LogP contribution in [-0.4, -0.2) is 16.9 Å². The van der Waals surface area contributed by atoms with Crippen LogP contribution in [-0.2, 0) is 4.79 Å². The molecule has 3 amide bonds. The van der Waals surface area contributed by atoms with Gasteiger partial charge in [0.2, 0.25) is 5.91 Å². The second-order valence-electron chi connectivity index (χ2n) is 5.65. The van der Waals surface area contributed by atoms with Gasteiger partial charge in [-0.15, -0.1) is 0 Å². The van der Waals surface area contributed by atoms with Gasteiger partial charge in [0.25, 0.3) is 0 Å². The highest BCUT2D eigenvalue weighted by molar-refractivity contribution is 9.10. The van der Waals surface area contributed by atoms with Crippen LogP contribution in [0.5, 0.6) is 0 Å². The molecule has 0 aliphatic rings. The summed E-state index contributed by atoms with van der Waals surface area (Å²) in [5, 5.41) is 8.95. The number of hydrogen-bond acceptors (Lipinski definition) is 4. The van der Waals surface area contributed by atoms with Crippen molar-refractivity contribution < 1.29 is 9.59 Å². The molecule has 1 aromatic heterocycles. The summed E-state index contributed by atoms with van der Waals surface area (Å²) in [6, 6.07) is 10.7. The van der Waals surface area contributed by atoms with E-state index in [4.69, 9.17) is 0 Å². The zero-order valence-electron chi connectivity index (χ0n) is 14.2. The van der Waals surface area contributed by atoms with Gasteiger partial charge in [-0.2, -0.15) is 0 Å². The number of fused-ring (bicyclic) bond motifs is 1. The minimum atomic E-state index is -0.324. The lowest BCUT2D eigenvalue weighted by atomic mass is 10.2. The fraction of sp³-hybridized carbons (Fsp3) is 0.167. The molecule has 2 aromatic carbocycles. The van der Waals surface area contributed by atoms with E-state index in [0.29, 0.717) is 22.9 Å². The van der Waals surface area contributed by atoms with Gasteiger partial charge in [-0.05, 0) is 48.9 Å². The maximum absolute atomic E-state index is 12.2. The van der Waals surface area contributed by atoms with Crippen molar-refractivity contribution in [2.24, 2.45) is 0 Å². The molecule has 134 valence electrons. The Morgan fingerprint density at radius 3 is 2.46 bits per heavy atom. The Balaban J connectivity index is 1.76. The van der Waals surface area contributed by atoms with E-state index in [0.717, 1.165) is 20.3 Å². The Hall–Kier alpha value is -2.45. The maximum Gasteiger partial charge on any atom is 0.323 e. The summed E-state index contributed by atoms with van der Waals surface area (Å²) in [5.74, 6) is -0.0751. The monoisotopic (exact) mass is 432 g/mol. The first-order valence-corrected chi connectivity index (χ1v) is 9.60. The van der Waals surface area contributed by atoms with Gasteiger partial charge in [0, 0.05) is 22.3 Å². The van der Waals surface area contributed by atoms with Gasteiger partial charge in [-0.3, -0.25) is 4.79 Å². The molecule has 0 saturated heterocycles. The van der Waals surface area contributed by atoms with Gasteiger partial charge in [-0.1, -0.05) is 34.2 Å². The molecule has 0 atom stereocenters. The van der Waals surface area contributed by atoms with Crippen molar-refractivity contribution in [1.29, 1.82) is 0 Å². The van der Waals surface area contributed by atoms with Crippen molar-refractivity contribution in [2.45, 2.75) is 20.3 Å². The number of amides is 3. The highest BCUT2D eigenvalue weighted by Gasteiger charge is 2.11. The molecule has 3 N–H and O–H groups in total. The number of benzene rings is 2. The molecule has 0 aliphatic carbocycles. The van der Waals surface area contributed by atoms with Crippen LogP contribution >= 0.6 is 27.3 Å². The van der Waals surface area contributed by atoms with Crippen LogP contribution in [0.4, 0.5) is 21.3 Å². The lowest BCUT2D eigenvalue weighted by molar-refractivity contribution is -0.115. The smallest absolute Gasteiger partial charge is 0.308 e. The zero-order valence-corrected chi connectivity index (χ0v) is 16.6. The predicted molar refractivity (Wildman–Crippen MR) is 110 cm³/mol. The largest absolute Gasteiger partial charge is 0.323 e. The van der Waals surface area contributed by atoms with Crippen molar-refractivity contribution in [3.8, 4) is 0 Å². The molecule has 3 aromatic rings. The number of thiazole rings is 1. The number of aryl methyl sites for hydroxylation is 1. The van der Waals surface area contributed by atoms with Crippen LogP contribution in [0, 0.1) is 6.92 Å². The van der Waals surface area contributed by atoms with Gasteiger partial charge in [-0.25, -0.2) is 9.78 Å².